The number of nitrogens with zero attached hydrogens (tertiary/aromatic N) is 5. The number of rotatable bonds is 6. The minimum Gasteiger partial charge on any atom is -0.269 e. The molecule has 0 atom stereocenters. The Hall–Kier alpha value is -3.17. The molecule has 0 bridgehead atoms. The number of thiophene rings is 1. The van der Waals surface area contributed by atoms with E-state index >= 15 is 0 Å². The van der Waals surface area contributed by atoms with E-state index in [1.165, 1.54) is 58.7 Å². The van der Waals surface area contributed by atoms with Crippen molar-refractivity contribution in [2.75, 3.05) is 0 Å². The van der Waals surface area contributed by atoms with Crippen LogP contribution in [0.15, 0.2) is 74.4 Å². The molecule has 166 valence electrons. The standard InChI is InChI=1S/C19H12N6O4S4/c20-33(28,29)13-6-3-11(4-7-13)24-17(15-2-1-9-30-15)22-23-18(24)32-19-21-14-8-5-12(25(26)27)10-16(14)31-19/h1-10H,(H2,20,28,29). The molecule has 14 heteroatoms. The van der Waals surface area contributed by atoms with Crippen LogP contribution in [-0.4, -0.2) is 33.1 Å². The monoisotopic (exact) mass is 516 g/mol. The fraction of sp³-hybridized carbons (Fsp3) is 0. The lowest BCUT2D eigenvalue weighted by Gasteiger charge is -2.09. The van der Waals surface area contributed by atoms with Gasteiger partial charge in [0.1, 0.15) is 0 Å². The van der Waals surface area contributed by atoms with Crippen molar-refractivity contribution >= 4 is 60.4 Å². The second kappa shape index (κ2) is 8.31. The molecule has 3 heterocycles. The minimum absolute atomic E-state index is 0.000735. The Labute approximate surface area is 198 Å². The summed E-state index contributed by atoms with van der Waals surface area (Å²) >= 11 is 4.07. The third kappa shape index (κ3) is 4.26. The molecule has 0 aliphatic carbocycles. The molecule has 2 aromatic carbocycles. The Balaban J connectivity index is 1.58. The number of aromatic nitrogens is 4. The van der Waals surface area contributed by atoms with E-state index in [0.29, 0.717) is 31.2 Å². The van der Waals surface area contributed by atoms with Gasteiger partial charge in [0.2, 0.25) is 15.2 Å². The zero-order valence-corrected chi connectivity index (χ0v) is 19.6. The van der Waals surface area contributed by atoms with Gasteiger partial charge in [-0.1, -0.05) is 6.07 Å². The van der Waals surface area contributed by atoms with E-state index in [9.17, 15) is 18.5 Å². The number of nitrogens with two attached hydrogens (primary N) is 1. The van der Waals surface area contributed by atoms with E-state index in [1.807, 2.05) is 17.5 Å². The lowest BCUT2D eigenvalue weighted by Crippen LogP contribution is -2.12. The van der Waals surface area contributed by atoms with Crippen LogP contribution in [0.5, 0.6) is 0 Å². The maximum Gasteiger partial charge on any atom is 0.270 e. The summed E-state index contributed by atoms with van der Waals surface area (Å²) in [4.78, 5) is 16.0. The maximum atomic E-state index is 11.6. The van der Waals surface area contributed by atoms with E-state index in [-0.39, 0.29) is 10.6 Å². The molecule has 0 aliphatic rings. The molecule has 3 aromatic heterocycles. The minimum atomic E-state index is -3.82. The zero-order valence-electron chi connectivity index (χ0n) is 16.4. The molecule has 0 fully saturated rings. The summed E-state index contributed by atoms with van der Waals surface area (Å²) in [6, 6.07) is 14.4. The number of hydrogen-bond donors (Lipinski definition) is 1. The van der Waals surface area contributed by atoms with Crippen LogP contribution in [0.4, 0.5) is 5.69 Å². The first kappa shape index (κ1) is 21.7. The van der Waals surface area contributed by atoms with Crippen molar-refractivity contribution in [3.8, 4) is 16.4 Å². The summed E-state index contributed by atoms with van der Waals surface area (Å²) in [5.41, 5.74) is 1.30. The second-order valence-corrected chi connectivity index (χ2v) is 11.4. The van der Waals surface area contributed by atoms with E-state index in [1.54, 1.807) is 22.8 Å². The number of fused-ring (bicyclic) bond motifs is 1. The van der Waals surface area contributed by atoms with Gasteiger partial charge in [-0.15, -0.1) is 32.9 Å². The summed E-state index contributed by atoms with van der Waals surface area (Å²) in [5, 5.41) is 27.4. The molecular weight excluding hydrogens is 505 g/mol. The van der Waals surface area contributed by atoms with Crippen molar-refractivity contribution in [3.05, 3.63) is 70.1 Å². The van der Waals surface area contributed by atoms with Gasteiger partial charge >= 0.3 is 0 Å². The Kier molecular flexibility index (Phi) is 5.46. The molecule has 0 spiro atoms. The molecule has 0 amide bonds. The largest absolute Gasteiger partial charge is 0.270 e. The van der Waals surface area contributed by atoms with Gasteiger partial charge in [-0.25, -0.2) is 18.5 Å². The summed E-state index contributed by atoms with van der Waals surface area (Å²) in [6.45, 7) is 0. The van der Waals surface area contributed by atoms with Crippen molar-refractivity contribution in [2.45, 2.75) is 14.4 Å². The zero-order chi connectivity index (χ0) is 23.2. The number of non-ortho nitro benzene ring substituents is 1. The Morgan fingerprint density at radius 2 is 1.88 bits per heavy atom. The van der Waals surface area contributed by atoms with Crippen LogP contribution in [0.3, 0.4) is 0 Å². The summed E-state index contributed by atoms with van der Waals surface area (Å²) in [5.74, 6) is 0.590. The predicted octanol–water partition coefficient (Wildman–Crippen LogP) is 4.31. The van der Waals surface area contributed by atoms with Crippen molar-refractivity contribution in [3.63, 3.8) is 0 Å². The van der Waals surface area contributed by atoms with Gasteiger partial charge in [0.15, 0.2) is 10.2 Å². The third-order valence-corrected chi connectivity index (χ3v) is 8.36. The molecule has 10 nitrogen and oxygen atoms in total. The van der Waals surface area contributed by atoms with Gasteiger partial charge < -0.3 is 0 Å². The fourth-order valence-electron chi connectivity index (χ4n) is 3.05. The first-order valence-corrected chi connectivity index (χ1v) is 13.2. The lowest BCUT2D eigenvalue weighted by atomic mass is 10.3. The highest BCUT2D eigenvalue weighted by molar-refractivity contribution is 8.01. The summed E-state index contributed by atoms with van der Waals surface area (Å²) in [6.07, 6.45) is 0. The quantitative estimate of drug-likeness (QED) is 0.259. The molecular formula is C19H12N6O4S4. The molecule has 5 rings (SSSR count). The fourth-order valence-corrected chi connectivity index (χ4v) is 6.32. The van der Waals surface area contributed by atoms with E-state index < -0.39 is 14.9 Å². The van der Waals surface area contributed by atoms with Gasteiger partial charge in [-0.3, -0.25) is 14.7 Å². The molecule has 0 unspecified atom stereocenters. The normalized spacial score (nSPS) is 11.8. The van der Waals surface area contributed by atoms with E-state index in [0.717, 1.165) is 4.88 Å². The van der Waals surface area contributed by atoms with E-state index in [2.05, 4.69) is 15.2 Å². The number of sulfonamides is 1. The Morgan fingerprint density at radius 1 is 1.09 bits per heavy atom. The van der Waals surface area contributed by atoms with Crippen LogP contribution in [0.1, 0.15) is 0 Å². The topological polar surface area (TPSA) is 147 Å². The molecule has 0 radical (unpaired) electrons. The van der Waals surface area contributed by atoms with Gasteiger partial charge in [-0.2, -0.15) is 0 Å². The number of primary sulfonamides is 1. The van der Waals surface area contributed by atoms with Crippen LogP contribution in [0.2, 0.25) is 0 Å². The molecule has 33 heavy (non-hydrogen) atoms. The second-order valence-electron chi connectivity index (χ2n) is 6.65. The van der Waals surface area contributed by atoms with Crippen LogP contribution in [0.25, 0.3) is 26.6 Å². The SMILES string of the molecule is NS(=O)(=O)c1ccc(-n2c(Sc3nc4ccc([N+](=O)[O-])cc4s3)nnc2-c2cccs2)cc1. The molecule has 0 saturated carbocycles. The van der Waals surface area contributed by atoms with Gasteiger partial charge in [-0.05, 0) is 53.5 Å². The van der Waals surface area contributed by atoms with E-state index in [4.69, 9.17) is 5.14 Å². The first-order valence-electron chi connectivity index (χ1n) is 9.15. The highest BCUT2D eigenvalue weighted by Crippen LogP contribution is 2.38. The van der Waals surface area contributed by atoms with Gasteiger partial charge in [0, 0.05) is 17.8 Å². The average molecular weight is 517 g/mol. The highest BCUT2D eigenvalue weighted by atomic mass is 32.2. The number of hydrogen-bond acceptors (Lipinski definition) is 10. The van der Waals surface area contributed by atoms with Crippen molar-refractivity contribution in [2.24, 2.45) is 5.14 Å². The lowest BCUT2D eigenvalue weighted by molar-refractivity contribution is -0.384. The molecule has 0 aliphatic heterocycles. The first-order chi connectivity index (χ1) is 15.8. The Morgan fingerprint density at radius 3 is 2.55 bits per heavy atom. The van der Waals surface area contributed by atoms with Crippen LogP contribution < -0.4 is 5.14 Å². The Bertz CT molecular complexity index is 1590. The van der Waals surface area contributed by atoms with Crippen molar-refractivity contribution in [1.29, 1.82) is 0 Å². The smallest absolute Gasteiger partial charge is 0.269 e. The molecule has 5 aromatic rings. The number of nitro groups is 1. The van der Waals surface area contributed by atoms with Crippen molar-refractivity contribution < 1.29 is 13.3 Å². The van der Waals surface area contributed by atoms with Crippen LogP contribution >= 0.6 is 34.4 Å². The molecule has 0 saturated heterocycles. The number of benzene rings is 2. The van der Waals surface area contributed by atoms with Gasteiger partial charge in [0.05, 0.1) is 24.9 Å². The maximum absolute atomic E-state index is 11.6. The van der Waals surface area contributed by atoms with Crippen LogP contribution in [-0.2, 0) is 10.0 Å². The number of nitro benzene ring substituents is 1. The van der Waals surface area contributed by atoms with Gasteiger partial charge in [0.25, 0.3) is 5.69 Å². The highest BCUT2D eigenvalue weighted by Gasteiger charge is 2.20. The predicted molar refractivity (Wildman–Crippen MR) is 126 cm³/mol. The number of thiazole rings is 1. The summed E-state index contributed by atoms with van der Waals surface area (Å²) in [7, 11) is -3.82. The molecule has 2 N–H and O–H groups in total. The van der Waals surface area contributed by atoms with Crippen LogP contribution in [0, 0.1) is 10.1 Å². The average Bonchev–Trinajstić information content (AvgIpc) is 3.52. The third-order valence-electron chi connectivity index (χ3n) is 4.54. The summed E-state index contributed by atoms with van der Waals surface area (Å²) < 4.78 is 26.4. The van der Waals surface area contributed by atoms with Crippen molar-refractivity contribution in [1.82, 2.24) is 19.7 Å².